The molecule has 1 atom stereocenters. The highest BCUT2D eigenvalue weighted by Crippen LogP contribution is 2.19. The number of piperazine rings is 1. The standard InChI is InChI=1S/C13H22N4/c1-10(2)16-6-7-17(11(3)9-16)13-5-4-12(14)8-15-13/h4-5,8,10-11H,6-7,9,14H2,1-3H3. The van der Waals surface area contributed by atoms with Gasteiger partial charge in [0.25, 0.3) is 0 Å². The molecule has 1 aliphatic rings. The van der Waals surface area contributed by atoms with E-state index < -0.39 is 0 Å². The van der Waals surface area contributed by atoms with Gasteiger partial charge in [0.15, 0.2) is 0 Å². The molecule has 0 spiro atoms. The van der Waals surface area contributed by atoms with Crippen LogP contribution in [-0.4, -0.2) is 41.6 Å². The number of pyridine rings is 1. The van der Waals surface area contributed by atoms with E-state index in [0.717, 1.165) is 31.1 Å². The van der Waals surface area contributed by atoms with Crippen LogP contribution in [0.2, 0.25) is 0 Å². The third-order valence-corrected chi connectivity index (χ3v) is 3.45. The van der Waals surface area contributed by atoms with Crippen molar-refractivity contribution < 1.29 is 0 Å². The molecule has 1 aromatic heterocycles. The summed E-state index contributed by atoms with van der Waals surface area (Å²) in [5, 5.41) is 0. The first-order chi connectivity index (χ1) is 8.08. The second-order valence-corrected chi connectivity index (χ2v) is 5.08. The van der Waals surface area contributed by atoms with Crippen LogP contribution in [0.25, 0.3) is 0 Å². The number of aromatic nitrogens is 1. The van der Waals surface area contributed by atoms with Crippen LogP contribution in [-0.2, 0) is 0 Å². The molecule has 4 nitrogen and oxygen atoms in total. The summed E-state index contributed by atoms with van der Waals surface area (Å²) in [4.78, 5) is 9.28. The maximum absolute atomic E-state index is 5.66. The zero-order chi connectivity index (χ0) is 12.4. The lowest BCUT2D eigenvalue weighted by atomic mass is 10.1. The molecule has 0 aromatic carbocycles. The van der Waals surface area contributed by atoms with Crippen molar-refractivity contribution in [3.8, 4) is 0 Å². The lowest BCUT2D eigenvalue weighted by Crippen LogP contribution is -2.54. The molecule has 0 bridgehead atoms. The molecular formula is C13H22N4. The van der Waals surface area contributed by atoms with Gasteiger partial charge in [0.2, 0.25) is 0 Å². The minimum Gasteiger partial charge on any atom is -0.397 e. The number of anilines is 2. The van der Waals surface area contributed by atoms with Crippen LogP contribution in [0.4, 0.5) is 11.5 Å². The summed E-state index contributed by atoms with van der Waals surface area (Å²) in [6.45, 7) is 10.0. The highest BCUT2D eigenvalue weighted by Gasteiger charge is 2.25. The maximum Gasteiger partial charge on any atom is 0.128 e. The van der Waals surface area contributed by atoms with Gasteiger partial charge in [-0.15, -0.1) is 0 Å². The molecule has 0 aliphatic carbocycles. The third-order valence-electron chi connectivity index (χ3n) is 3.45. The summed E-state index contributed by atoms with van der Waals surface area (Å²) in [5.74, 6) is 1.04. The number of nitrogens with two attached hydrogens (primary N) is 1. The largest absolute Gasteiger partial charge is 0.397 e. The van der Waals surface area contributed by atoms with Gasteiger partial charge in [0.05, 0.1) is 11.9 Å². The average Bonchev–Trinajstić information content (AvgIpc) is 2.30. The number of nitrogen functional groups attached to an aromatic ring is 1. The molecule has 4 heteroatoms. The normalized spacial score (nSPS) is 22.1. The smallest absolute Gasteiger partial charge is 0.128 e. The van der Waals surface area contributed by atoms with Gasteiger partial charge in [0, 0.05) is 31.7 Å². The SMILES string of the molecule is CC(C)N1CCN(c2ccc(N)cn2)C(C)C1. The zero-order valence-corrected chi connectivity index (χ0v) is 10.9. The number of rotatable bonds is 2. The Labute approximate surface area is 103 Å². The number of nitrogens with zero attached hydrogens (tertiary/aromatic N) is 3. The first-order valence-corrected chi connectivity index (χ1v) is 6.30. The van der Waals surface area contributed by atoms with Crippen LogP contribution in [0.15, 0.2) is 18.3 Å². The van der Waals surface area contributed by atoms with Crippen molar-refractivity contribution in [3.05, 3.63) is 18.3 Å². The van der Waals surface area contributed by atoms with E-state index in [2.05, 4.69) is 35.6 Å². The van der Waals surface area contributed by atoms with E-state index in [-0.39, 0.29) is 0 Å². The summed E-state index contributed by atoms with van der Waals surface area (Å²) in [5.41, 5.74) is 6.39. The Hall–Kier alpha value is -1.29. The third kappa shape index (κ3) is 2.69. The van der Waals surface area contributed by atoms with Crippen molar-refractivity contribution in [1.82, 2.24) is 9.88 Å². The number of hydrogen-bond acceptors (Lipinski definition) is 4. The predicted molar refractivity (Wildman–Crippen MR) is 72.2 cm³/mol. The average molecular weight is 234 g/mol. The van der Waals surface area contributed by atoms with Crippen molar-refractivity contribution in [2.75, 3.05) is 30.3 Å². The monoisotopic (exact) mass is 234 g/mol. The first-order valence-electron chi connectivity index (χ1n) is 6.30. The molecule has 1 saturated heterocycles. The topological polar surface area (TPSA) is 45.4 Å². The lowest BCUT2D eigenvalue weighted by molar-refractivity contribution is 0.185. The molecule has 1 aliphatic heterocycles. The second kappa shape index (κ2) is 4.92. The quantitative estimate of drug-likeness (QED) is 0.844. The van der Waals surface area contributed by atoms with Crippen molar-refractivity contribution in [3.63, 3.8) is 0 Å². The fourth-order valence-corrected chi connectivity index (χ4v) is 2.36. The van der Waals surface area contributed by atoms with E-state index in [1.165, 1.54) is 0 Å². The Balaban J connectivity index is 2.06. The molecule has 17 heavy (non-hydrogen) atoms. The molecule has 1 fully saturated rings. The van der Waals surface area contributed by atoms with Crippen LogP contribution in [0.3, 0.4) is 0 Å². The highest BCUT2D eigenvalue weighted by atomic mass is 15.3. The van der Waals surface area contributed by atoms with Gasteiger partial charge in [-0.05, 0) is 32.9 Å². The van der Waals surface area contributed by atoms with Crippen LogP contribution in [0.1, 0.15) is 20.8 Å². The minimum absolute atomic E-state index is 0.502. The Morgan fingerprint density at radius 2 is 2.12 bits per heavy atom. The van der Waals surface area contributed by atoms with E-state index in [1.807, 2.05) is 12.1 Å². The van der Waals surface area contributed by atoms with Crippen molar-refractivity contribution >= 4 is 11.5 Å². The van der Waals surface area contributed by atoms with Gasteiger partial charge in [-0.1, -0.05) is 0 Å². The Morgan fingerprint density at radius 3 is 2.65 bits per heavy atom. The van der Waals surface area contributed by atoms with Crippen LogP contribution < -0.4 is 10.6 Å². The van der Waals surface area contributed by atoms with Gasteiger partial charge < -0.3 is 10.6 Å². The Kier molecular flexibility index (Phi) is 3.52. The zero-order valence-electron chi connectivity index (χ0n) is 10.9. The summed E-state index contributed by atoms with van der Waals surface area (Å²) in [7, 11) is 0. The van der Waals surface area contributed by atoms with Crippen molar-refractivity contribution in [2.24, 2.45) is 0 Å². The predicted octanol–water partition coefficient (Wildman–Crippen LogP) is 1.58. The Bertz CT molecular complexity index is 360. The van der Waals surface area contributed by atoms with E-state index in [9.17, 15) is 0 Å². The molecule has 0 amide bonds. The van der Waals surface area contributed by atoms with E-state index in [0.29, 0.717) is 12.1 Å². The molecular weight excluding hydrogens is 212 g/mol. The molecule has 2 N–H and O–H groups in total. The van der Waals surface area contributed by atoms with Gasteiger partial charge >= 0.3 is 0 Å². The molecule has 94 valence electrons. The molecule has 2 heterocycles. The van der Waals surface area contributed by atoms with Crippen molar-refractivity contribution in [1.29, 1.82) is 0 Å². The van der Waals surface area contributed by atoms with E-state index in [1.54, 1.807) is 6.20 Å². The van der Waals surface area contributed by atoms with E-state index in [4.69, 9.17) is 5.73 Å². The van der Waals surface area contributed by atoms with Crippen LogP contribution in [0, 0.1) is 0 Å². The second-order valence-electron chi connectivity index (χ2n) is 5.08. The summed E-state index contributed by atoms with van der Waals surface area (Å²) in [6.07, 6.45) is 1.73. The van der Waals surface area contributed by atoms with Gasteiger partial charge in [-0.2, -0.15) is 0 Å². The summed E-state index contributed by atoms with van der Waals surface area (Å²) < 4.78 is 0. The first kappa shape index (κ1) is 12.2. The fraction of sp³-hybridized carbons (Fsp3) is 0.615. The maximum atomic E-state index is 5.66. The summed E-state index contributed by atoms with van der Waals surface area (Å²) in [6, 6.07) is 5.06. The summed E-state index contributed by atoms with van der Waals surface area (Å²) >= 11 is 0. The van der Waals surface area contributed by atoms with E-state index >= 15 is 0 Å². The fourth-order valence-electron chi connectivity index (χ4n) is 2.36. The minimum atomic E-state index is 0.502. The highest BCUT2D eigenvalue weighted by molar-refractivity contribution is 5.46. The van der Waals surface area contributed by atoms with Gasteiger partial charge in [0.1, 0.15) is 5.82 Å². The Morgan fingerprint density at radius 1 is 1.35 bits per heavy atom. The molecule has 1 unspecified atom stereocenters. The van der Waals surface area contributed by atoms with Crippen LogP contribution in [0.5, 0.6) is 0 Å². The lowest BCUT2D eigenvalue weighted by Gasteiger charge is -2.42. The van der Waals surface area contributed by atoms with Crippen molar-refractivity contribution in [2.45, 2.75) is 32.9 Å². The van der Waals surface area contributed by atoms with Crippen LogP contribution >= 0.6 is 0 Å². The van der Waals surface area contributed by atoms with Gasteiger partial charge in [-0.3, -0.25) is 4.90 Å². The molecule has 1 aromatic rings. The number of hydrogen-bond donors (Lipinski definition) is 1. The van der Waals surface area contributed by atoms with Gasteiger partial charge in [-0.25, -0.2) is 4.98 Å². The molecule has 0 radical (unpaired) electrons. The molecule has 0 saturated carbocycles. The molecule has 2 rings (SSSR count).